The van der Waals surface area contributed by atoms with Crippen LogP contribution in [0.1, 0.15) is 17.2 Å². The Morgan fingerprint density at radius 2 is 1.44 bits per heavy atom. The Morgan fingerprint density at radius 1 is 0.889 bits per heavy atom. The average Bonchev–Trinajstić information content (AvgIpc) is 3.03. The zero-order chi connectivity index (χ0) is 18.6. The number of quaternary nitrogens is 1. The lowest BCUT2D eigenvalue weighted by Crippen LogP contribution is -3.15. The van der Waals surface area contributed by atoms with Gasteiger partial charge in [-0.15, -0.1) is 0 Å². The largest absolute Gasteiger partial charge is 0.365 e. The number of carbonyl (C=O) groups is 2. The standard InChI is InChI=1S/C22H23N3O2/c26-20-15-23-22(27)19(20)16-24-11-13-25(14-12-24)21(17-7-3-1-4-8-17)18-9-5-2-6-10-18/h1-10,16,21H,11-15H2,(H,23,27)/p+1/b19-16+. The Hall–Kier alpha value is -2.92. The Labute approximate surface area is 159 Å². The maximum atomic E-state index is 11.8. The summed E-state index contributed by atoms with van der Waals surface area (Å²) in [6.45, 7) is 3.69. The van der Waals surface area contributed by atoms with E-state index in [1.54, 1.807) is 6.20 Å². The van der Waals surface area contributed by atoms with Gasteiger partial charge in [-0.05, 0) is 0 Å². The fourth-order valence-corrected chi connectivity index (χ4v) is 3.97. The number of hydrogen-bond donors (Lipinski definition) is 2. The highest BCUT2D eigenvalue weighted by molar-refractivity contribution is 6.24. The topological polar surface area (TPSA) is 53.9 Å². The molecule has 5 nitrogen and oxygen atoms in total. The molecule has 2 N–H and O–H groups in total. The molecule has 2 saturated heterocycles. The van der Waals surface area contributed by atoms with Crippen LogP contribution < -0.4 is 10.2 Å². The molecule has 0 spiro atoms. The van der Waals surface area contributed by atoms with Crippen LogP contribution in [0.15, 0.2) is 72.4 Å². The summed E-state index contributed by atoms with van der Waals surface area (Å²) in [5.41, 5.74) is 2.92. The Bertz CT molecular complexity index is 783. The molecule has 0 bridgehead atoms. The summed E-state index contributed by atoms with van der Waals surface area (Å²) >= 11 is 0. The SMILES string of the molecule is O=C1CNC(=O)/C1=C/N1CC[NH+](C(c2ccccc2)c2ccccc2)CC1. The Morgan fingerprint density at radius 3 is 1.93 bits per heavy atom. The van der Waals surface area contributed by atoms with Gasteiger partial charge >= 0.3 is 0 Å². The molecule has 1 amide bonds. The molecular weight excluding hydrogens is 338 g/mol. The second kappa shape index (κ2) is 7.76. The van der Waals surface area contributed by atoms with E-state index in [0.717, 1.165) is 26.2 Å². The fraction of sp³-hybridized carbons (Fsp3) is 0.273. The molecule has 2 aromatic rings. The summed E-state index contributed by atoms with van der Waals surface area (Å²) in [4.78, 5) is 27.2. The van der Waals surface area contributed by atoms with Crippen molar-refractivity contribution in [3.05, 3.63) is 83.6 Å². The normalized spacial score (nSPS) is 19.7. The van der Waals surface area contributed by atoms with E-state index in [1.165, 1.54) is 16.0 Å². The van der Waals surface area contributed by atoms with E-state index < -0.39 is 0 Å². The number of piperazine rings is 1. The lowest BCUT2D eigenvalue weighted by atomic mass is 9.96. The van der Waals surface area contributed by atoms with Crippen molar-refractivity contribution >= 4 is 11.7 Å². The summed E-state index contributed by atoms with van der Waals surface area (Å²) in [7, 11) is 0. The predicted molar refractivity (Wildman–Crippen MR) is 103 cm³/mol. The number of Topliss-reactive ketones (excluding diaryl/α,β-unsaturated/α-hetero) is 1. The van der Waals surface area contributed by atoms with Crippen molar-refractivity contribution in [1.82, 2.24) is 10.2 Å². The number of ketones is 1. The van der Waals surface area contributed by atoms with E-state index in [-0.39, 0.29) is 18.2 Å². The van der Waals surface area contributed by atoms with Crippen LogP contribution in [0.4, 0.5) is 0 Å². The predicted octanol–water partition coefficient (Wildman–Crippen LogP) is 0.559. The van der Waals surface area contributed by atoms with Gasteiger partial charge < -0.3 is 15.1 Å². The highest BCUT2D eigenvalue weighted by atomic mass is 16.2. The van der Waals surface area contributed by atoms with Crippen molar-refractivity contribution in [2.75, 3.05) is 32.7 Å². The molecule has 2 fully saturated rings. The molecule has 27 heavy (non-hydrogen) atoms. The van der Waals surface area contributed by atoms with E-state index in [9.17, 15) is 9.59 Å². The molecule has 2 aromatic carbocycles. The van der Waals surface area contributed by atoms with Gasteiger partial charge in [-0.1, -0.05) is 60.7 Å². The monoisotopic (exact) mass is 362 g/mol. The molecular formula is C22H24N3O2+. The van der Waals surface area contributed by atoms with Crippen LogP contribution in [0.2, 0.25) is 0 Å². The van der Waals surface area contributed by atoms with E-state index >= 15 is 0 Å². The molecule has 2 heterocycles. The third-order valence-corrected chi connectivity index (χ3v) is 5.38. The maximum absolute atomic E-state index is 11.8. The van der Waals surface area contributed by atoms with E-state index in [0.29, 0.717) is 11.6 Å². The van der Waals surface area contributed by atoms with Gasteiger partial charge in [-0.3, -0.25) is 9.59 Å². The quantitative estimate of drug-likeness (QED) is 0.617. The van der Waals surface area contributed by atoms with Crippen LogP contribution >= 0.6 is 0 Å². The molecule has 0 radical (unpaired) electrons. The minimum atomic E-state index is -0.249. The number of benzene rings is 2. The first-order valence-corrected chi connectivity index (χ1v) is 9.44. The van der Waals surface area contributed by atoms with Gasteiger partial charge in [0.2, 0.25) is 0 Å². The summed E-state index contributed by atoms with van der Waals surface area (Å²) < 4.78 is 0. The summed E-state index contributed by atoms with van der Waals surface area (Å²) in [5.74, 6) is -0.359. The van der Waals surface area contributed by atoms with Crippen molar-refractivity contribution in [1.29, 1.82) is 0 Å². The molecule has 2 aliphatic heterocycles. The van der Waals surface area contributed by atoms with Crippen molar-refractivity contribution in [3.8, 4) is 0 Å². The molecule has 0 unspecified atom stereocenters. The van der Waals surface area contributed by atoms with Crippen LogP contribution in [0.25, 0.3) is 0 Å². The highest BCUT2D eigenvalue weighted by Gasteiger charge is 2.31. The zero-order valence-corrected chi connectivity index (χ0v) is 15.2. The molecule has 0 atom stereocenters. The maximum Gasteiger partial charge on any atom is 0.256 e. The van der Waals surface area contributed by atoms with E-state index in [2.05, 4.69) is 70.9 Å². The van der Waals surface area contributed by atoms with Crippen LogP contribution in [0.3, 0.4) is 0 Å². The fourth-order valence-electron chi connectivity index (χ4n) is 3.97. The number of nitrogens with one attached hydrogen (secondary N) is 2. The smallest absolute Gasteiger partial charge is 0.256 e. The van der Waals surface area contributed by atoms with Gasteiger partial charge in [-0.2, -0.15) is 0 Å². The van der Waals surface area contributed by atoms with Gasteiger partial charge in [0.15, 0.2) is 5.78 Å². The van der Waals surface area contributed by atoms with Crippen molar-refractivity contribution in [3.63, 3.8) is 0 Å². The molecule has 0 saturated carbocycles. The molecule has 0 aliphatic carbocycles. The Kier molecular flexibility index (Phi) is 5.03. The third-order valence-electron chi connectivity index (χ3n) is 5.38. The summed E-state index contributed by atoms with van der Waals surface area (Å²) in [5, 5.41) is 2.59. The van der Waals surface area contributed by atoms with Gasteiger partial charge in [0.25, 0.3) is 5.91 Å². The number of hydrogen-bond acceptors (Lipinski definition) is 3. The lowest BCUT2D eigenvalue weighted by Gasteiger charge is -2.36. The van der Waals surface area contributed by atoms with Crippen molar-refractivity contribution in [2.45, 2.75) is 6.04 Å². The number of carbonyl (C=O) groups excluding carboxylic acids is 2. The molecule has 4 rings (SSSR count). The van der Waals surface area contributed by atoms with Gasteiger partial charge in [-0.25, -0.2) is 0 Å². The van der Waals surface area contributed by atoms with Crippen LogP contribution in [0, 0.1) is 0 Å². The van der Waals surface area contributed by atoms with Crippen molar-refractivity contribution in [2.24, 2.45) is 0 Å². The van der Waals surface area contributed by atoms with Crippen LogP contribution in [-0.2, 0) is 9.59 Å². The molecule has 2 aliphatic rings. The first-order valence-electron chi connectivity index (χ1n) is 9.44. The lowest BCUT2D eigenvalue weighted by molar-refractivity contribution is -0.929. The second-order valence-electron chi connectivity index (χ2n) is 7.10. The molecule has 138 valence electrons. The third kappa shape index (κ3) is 3.78. The van der Waals surface area contributed by atoms with Crippen molar-refractivity contribution < 1.29 is 14.5 Å². The minimum absolute atomic E-state index is 0.110. The Balaban J connectivity index is 1.52. The van der Waals surface area contributed by atoms with Gasteiger partial charge in [0.05, 0.1) is 32.7 Å². The van der Waals surface area contributed by atoms with Crippen LogP contribution in [-0.4, -0.2) is 49.3 Å². The van der Waals surface area contributed by atoms with Gasteiger partial charge in [0.1, 0.15) is 11.6 Å². The highest BCUT2D eigenvalue weighted by Crippen LogP contribution is 2.19. The number of rotatable bonds is 4. The number of nitrogens with zero attached hydrogens (tertiary/aromatic N) is 1. The first kappa shape index (κ1) is 17.5. The van der Waals surface area contributed by atoms with Crippen LogP contribution in [0.5, 0.6) is 0 Å². The summed E-state index contributed by atoms with van der Waals surface area (Å²) in [6, 6.07) is 21.5. The van der Waals surface area contributed by atoms with E-state index in [4.69, 9.17) is 0 Å². The average molecular weight is 362 g/mol. The molecule has 0 aromatic heterocycles. The number of amides is 1. The first-order chi connectivity index (χ1) is 13.2. The minimum Gasteiger partial charge on any atom is -0.365 e. The second-order valence-corrected chi connectivity index (χ2v) is 7.10. The zero-order valence-electron chi connectivity index (χ0n) is 15.2. The molecule has 5 heteroatoms. The van der Waals surface area contributed by atoms with E-state index in [1.807, 2.05) is 0 Å². The van der Waals surface area contributed by atoms with Gasteiger partial charge in [0, 0.05) is 17.3 Å². The summed E-state index contributed by atoms with van der Waals surface area (Å²) in [6.07, 6.45) is 1.75.